The number of nitrogens with zero attached hydrogens (tertiary/aromatic N) is 5. The van der Waals surface area contributed by atoms with Crippen LogP contribution < -0.4 is 10.2 Å². The van der Waals surface area contributed by atoms with Crippen LogP contribution in [0.1, 0.15) is 39.4 Å². The highest BCUT2D eigenvalue weighted by molar-refractivity contribution is 5.81. The van der Waals surface area contributed by atoms with Gasteiger partial charge in [-0.1, -0.05) is 20.8 Å². The third-order valence-corrected chi connectivity index (χ3v) is 4.99. The van der Waals surface area contributed by atoms with Gasteiger partial charge < -0.3 is 15.0 Å². The van der Waals surface area contributed by atoms with Crippen molar-refractivity contribution in [2.45, 2.75) is 45.1 Å². The number of aromatic nitrogens is 4. The molecule has 2 aliphatic heterocycles. The lowest BCUT2D eigenvalue weighted by atomic mass is 9.96. The fraction of sp³-hybridized carbons (Fsp3) is 0.667. The molecule has 1 atom stereocenters. The van der Waals surface area contributed by atoms with Crippen LogP contribution in [0.15, 0.2) is 12.1 Å². The van der Waals surface area contributed by atoms with E-state index in [-0.39, 0.29) is 17.4 Å². The highest BCUT2D eigenvalue weighted by Gasteiger charge is 2.31. The zero-order valence-electron chi connectivity index (χ0n) is 15.6. The molecule has 0 radical (unpaired) electrons. The summed E-state index contributed by atoms with van der Waals surface area (Å²) in [5.74, 6) is 2.25. The van der Waals surface area contributed by atoms with Crippen LogP contribution in [0, 0.1) is 5.92 Å². The molecule has 8 nitrogen and oxygen atoms in total. The molecule has 140 valence electrons. The van der Waals surface area contributed by atoms with E-state index in [0.29, 0.717) is 19.1 Å². The lowest BCUT2D eigenvalue weighted by molar-refractivity contribution is -0.130. The van der Waals surface area contributed by atoms with Gasteiger partial charge in [-0.05, 0) is 25.0 Å². The summed E-state index contributed by atoms with van der Waals surface area (Å²) in [5.41, 5.74) is 0.648. The number of rotatable bonds is 4. The molecule has 0 aliphatic carbocycles. The summed E-state index contributed by atoms with van der Waals surface area (Å²) in [5, 5.41) is 16.2. The lowest BCUT2D eigenvalue weighted by Gasteiger charge is -2.40. The zero-order chi connectivity index (χ0) is 18.3. The molecule has 26 heavy (non-hydrogen) atoms. The number of hydrogen-bond donors (Lipinski definition) is 1. The Morgan fingerprint density at radius 2 is 2.12 bits per heavy atom. The van der Waals surface area contributed by atoms with E-state index in [2.05, 4.69) is 41.2 Å². The minimum atomic E-state index is -0.250. The molecule has 2 saturated heterocycles. The average molecular weight is 358 g/mol. The number of fused-ring (bicyclic) bond motifs is 1. The number of hydrogen-bond acceptors (Lipinski definition) is 6. The van der Waals surface area contributed by atoms with Crippen molar-refractivity contribution in [1.29, 1.82) is 0 Å². The Hall–Kier alpha value is -2.22. The van der Waals surface area contributed by atoms with E-state index < -0.39 is 0 Å². The van der Waals surface area contributed by atoms with Gasteiger partial charge in [0.15, 0.2) is 11.5 Å². The van der Waals surface area contributed by atoms with E-state index in [4.69, 9.17) is 9.84 Å². The van der Waals surface area contributed by atoms with Crippen LogP contribution in [-0.4, -0.2) is 58.1 Å². The molecule has 0 saturated carbocycles. The van der Waals surface area contributed by atoms with Crippen LogP contribution in [0.3, 0.4) is 0 Å². The first-order valence-corrected chi connectivity index (χ1v) is 9.29. The average Bonchev–Trinajstić information content (AvgIpc) is 3.21. The number of ether oxygens (including phenoxy) is 1. The molecule has 4 rings (SSSR count). The van der Waals surface area contributed by atoms with Gasteiger partial charge in [-0.3, -0.25) is 4.79 Å². The lowest BCUT2D eigenvalue weighted by Crippen LogP contribution is -2.52. The van der Waals surface area contributed by atoms with Gasteiger partial charge in [0, 0.05) is 37.6 Å². The summed E-state index contributed by atoms with van der Waals surface area (Å²) in [6, 6.07) is 3.94. The van der Waals surface area contributed by atoms with E-state index >= 15 is 0 Å². The number of anilines is 1. The van der Waals surface area contributed by atoms with Gasteiger partial charge in [-0.25, -0.2) is 0 Å². The third-order valence-electron chi connectivity index (χ3n) is 4.99. The minimum Gasteiger partial charge on any atom is -0.368 e. The van der Waals surface area contributed by atoms with Crippen molar-refractivity contribution < 1.29 is 9.53 Å². The normalized spacial score (nSPS) is 21.2. The van der Waals surface area contributed by atoms with Crippen molar-refractivity contribution in [2.24, 2.45) is 5.92 Å². The van der Waals surface area contributed by atoms with Crippen LogP contribution in [0.5, 0.6) is 0 Å². The summed E-state index contributed by atoms with van der Waals surface area (Å²) >= 11 is 0. The van der Waals surface area contributed by atoms with Crippen molar-refractivity contribution in [3.05, 3.63) is 18.0 Å². The van der Waals surface area contributed by atoms with Crippen LogP contribution >= 0.6 is 0 Å². The standard InChI is InChI=1S/C18H26N6O2/c1-18(2,3)17-21-20-14-6-7-15(22-24(14)17)23-10-12(11-23)9-19-16(25)13-5-4-8-26-13/h6-7,12-13H,4-5,8-11H2,1-3H3,(H,19,25). The van der Waals surface area contributed by atoms with Gasteiger partial charge in [0.2, 0.25) is 5.91 Å². The van der Waals surface area contributed by atoms with Crippen molar-refractivity contribution in [2.75, 3.05) is 31.1 Å². The topological polar surface area (TPSA) is 84.7 Å². The first kappa shape index (κ1) is 17.2. The largest absolute Gasteiger partial charge is 0.368 e. The highest BCUT2D eigenvalue weighted by atomic mass is 16.5. The summed E-state index contributed by atoms with van der Waals surface area (Å²) in [6.45, 7) is 9.48. The molecular formula is C18H26N6O2. The van der Waals surface area contributed by atoms with Crippen molar-refractivity contribution in [3.63, 3.8) is 0 Å². The predicted octanol–water partition coefficient (Wildman–Crippen LogP) is 1.15. The molecular weight excluding hydrogens is 332 g/mol. The maximum Gasteiger partial charge on any atom is 0.249 e. The van der Waals surface area contributed by atoms with Crippen LogP contribution in [-0.2, 0) is 14.9 Å². The molecule has 8 heteroatoms. The fourth-order valence-corrected chi connectivity index (χ4v) is 3.44. The third kappa shape index (κ3) is 3.25. The monoisotopic (exact) mass is 358 g/mol. The molecule has 4 heterocycles. The summed E-state index contributed by atoms with van der Waals surface area (Å²) < 4.78 is 7.25. The number of carbonyl (C=O) groups is 1. The Kier molecular flexibility index (Phi) is 4.30. The molecule has 2 fully saturated rings. The van der Waals surface area contributed by atoms with Crippen LogP contribution in [0.25, 0.3) is 5.65 Å². The van der Waals surface area contributed by atoms with Gasteiger partial charge in [0.1, 0.15) is 11.9 Å². The molecule has 0 aromatic carbocycles. The minimum absolute atomic E-state index is 0.0276. The van der Waals surface area contributed by atoms with Gasteiger partial charge >= 0.3 is 0 Å². The van der Waals surface area contributed by atoms with Crippen LogP contribution in [0.2, 0.25) is 0 Å². The quantitative estimate of drug-likeness (QED) is 0.883. The second kappa shape index (κ2) is 6.50. The van der Waals surface area contributed by atoms with E-state index in [9.17, 15) is 4.79 Å². The molecule has 1 unspecified atom stereocenters. The molecule has 0 spiro atoms. The summed E-state index contributed by atoms with van der Waals surface area (Å²) in [4.78, 5) is 14.2. The van der Waals surface area contributed by atoms with Crippen molar-refractivity contribution in [1.82, 2.24) is 25.1 Å². The molecule has 1 N–H and O–H groups in total. The Balaban J connectivity index is 1.35. The zero-order valence-corrected chi connectivity index (χ0v) is 15.6. The van der Waals surface area contributed by atoms with Gasteiger partial charge in [0.25, 0.3) is 0 Å². The molecule has 0 bridgehead atoms. The van der Waals surface area contributed by atoms with E-state index in [1.807, 2.05) is 16.6 Å². The molecule has 1 amide bonds. The van der Waals surface area contributed by atoms with E-state index in [0.717, 1.165) is 43.2 Å². The molecule has 2 aromatic rings. The maximum absolute atomic E-state index is 12.0. The number of carbonyl (C=O) groups excluding carboxylic acids is 1. The Labute approximate surface area is 152 Å². The number of nitrogens with one attached hydrogen (secondary N) is 1. The van der Waals surface area contributed by atoms with E-state index in [1.165, 1.54) is 0 Å². The Morgan fingerprint density at radius 3 is 2.81 bits per heavy atom. The number of amides is 1. The fourth-order valence-electron chi connectivity index (χ4n) is 3.44. The van der Waals surface area contributed by atoms with Gasteiger partial charge in [-0.15, -0.1) is 15.3 Å². The first-order chi connectivity index (χ1) is 12.4. The first-order valence-electron chi connectivity index (χ1n) is 9.29. The van der Waals surface area contributed by atoms with Gasteiger partial charge in [-0.2, -0.15) is 4.52 Å². The van der Waals surface area contributed by atoms with Crippen molar-refractivity contribution >= 4 is 17.4 Å². The van der Waals surface area contributed by atoms with Gasteiger partial charge in [0.05, 0.1) is 0 Å². The molecule has 2 aromatic heterocycles. The smallest absolute Gasteiger partial charge is 0.249 e. The predicted molar refractivity (Wildman–Crippen MR) is 97.2 cm³/mol. The SMILES string of the molecule is CC(C)(C)c1nnc2ccc(N3CC(CNC(=O)C4CCCO4)C3)nn12. The Morgan fingerprint density at radius 1 is 1.31 bits per heavy atom. The summed E-state index contributed by atoms with van der Waals surface area (Å²) in [6.07, 6.45) is 1.56. The Bertz CT molecular complexity index is 800. The highest BCUT2D eigenvalue weighted by Crippen LogP contribution is 2.25. The van der Waals surface area contributed by atoms with Crippen molar-refractivity contribution in [3.8, 4) is 0 Å². The maximum atomic E-state index is 12.0. The second-order valence-electron chi connectivity index (χ2n) is 8.25. The van der Waals surface area contributed by atoms with Crippen LogP contribution in [0.4, 0.5) is 5.82 Å². The van der Waals surface area contributed by atoms with E-state index in [1.54, 1.807) is 0 Å². The summed E-state index contributed by atoms with van der Waals surface area (Å²) in [7, 11) is 0. The molecule has 2 aliphatic rings. The second-order valence-corrected chi connectivity index (χ2v) is 8.25.